The summed E-state index contributed by atoms with van der Waals surface area (Å²) in [5, 5.41) is 8.43. The minimum Gasteiger partial charge on any atom is -0.368 e. The van der Waals surface area contributed by atoms with Crippen LogP contribution >= 0.6 is 0 Å². The van der Waals surface area contributed by atoms with E-state index in [0.29, 0.717) is 37.4 Å². The normalized spacial score (nSPS) is 20.3. The number of carbonyl (C=O) groups is 1. The molecule has 9 heteroatoms. The molecule has 2 bridgehead atoms. The molecule has 4 heterocycles. The number of aryl methyl sites for hydroxylation is 1. The average molecular weight is 441 g/mol. The Hall–Kier alpha value is -3.85. The maximum Gasteiger partial charge on any atom is 0.256 e. The highest BCUT2D eigenvalue weighted by Gasteiger charge is 2.38. The molecule has 2 aliphatic heterocycles. The largest absolute Gasteiger partial charge is 0.368 e. The SMILES string of the molecule is Cc1ccc(-n2nccn2)c(C(=O)N2CC3CN(c4cnc5ccccc5n4)CC(C2)O3)c1. The first-order chi connectivity index (χ1) is 16.1. The van der Waals surface area contributed by atoms with Crippen LogP contribution in [0.4, 0.5) is 5.82 Å². The molecular weight excluding hydrogens is 418 g/mol. The van der Waals surface area contributed by atoms with E-state index in [2.05, 4.69) is 20.1 Å². The number of ether oxygens (including phenoxy) is 1. The van der Waals surface area contributed by atoms with Crippen molar-refractivity contribution < 1.29 is 9.53 Å². The number of amides is 1. The smallest absolute Gasteiger partial charge is 0.256 e. The van der Waals surface area contributed by atoms with Crippen LogP contribution in [0.25, 0.3) is 16.7 Å². The number of fused-ring (bicyclic) bond motifs is 3. The first-order valence-corrected chi connectivity index (χ1v) is 11.0. The van der Waals surface area contributed by atoms with Gasteiger partial charge in [-0.1, -0.05) is 23.8 Å². The van der Waals surface area contributed by atoms with Crippen molar-refractivity contribution in [3.63, 3.8) is 0 Å². The lowest BCUT2D eigenvalue weighted by atomic mass is 10.0. The Balaban J connectivity index is 1.23. The lowest BCUT2D eigenvalue weighted by molar-refractivity contribution is -0.0847. The van der Waals surface area contributed by atoms with E-state index in [4.69, 9.17) is 9.72 Å². The van der Waals surface area contributed by atoms with Crippen molar-refractivity contribution in [2.45, 2.75) is 19.1 Å². The van der Waals surface area contributed by atoms with Crippen LogP contribution in [0.2, 0.25) is 0 Å². The maximum atomic E-state index is 13.6. The Morgan fingerprint density at radius 2 is 1.70 bits per heavy atom. The zero-order valence-electron chi connectivity index (χ0n) is 18.2. The quantitative estimate of drug-likeness (QED) is 0.482. The van der Waals surface area contributed by atoms with Crippen molar-refractivity contribution in [1.82, 2.24) is 29.9 Å². The monoisotopic (exact) mass is 441 g/mol. The number of carbonyl (C=O) groups excluding carboxylic acids is 1. The van der Waals surface area contributed by atoms with Gasteiger partial charge in [-0.3, -0.25) is 9.78 Å². The molecule has 1 amide bonds. The van der Waals surface area contributed by atoms with Crippen molar-refractivity contribution in [3.8, 4) is 5.69 Å². The molecule has 0 N–H and O–H groups in total. The second-order valence-electron chi connectivity index (χ2n) is 8.55. The number of benzene rings is 2. The minimum absolute atomic E-state index is 0.0248. The summed E-state index contributed by atoms with van der Waals surface area (Å²) in [6.07, 6.45) is 4.86. The lowest BCUT2D eigenvalue weighted by Gasteiger charge is -2.46. The summed E-state index contributed by atoms with van der Waals surface area (Å²) < 4.78 is 6.19. The topological polar surface area (TPSA) is 89.3 Å². The second-order valence-corrected chi connectivity index (χ2v) is 8.55. The van der Waals surface area contributed by atoms with E-state index in [1.165, 1.54) is 4.80 Å². The van der Waals surface area contributed by atoms with E-state index in [-0.39, 0.29) is 18.1 Å². The van der Waals surface area contributed by atoms with Gasteiger partial charge in [0.2, 0.25) is 0 Å². The lowest BCUT2D eigenvalue weighted by Crippen LogP contribution is -2.60. The Kier molecular flexibility index (Phi) is 4.76. The fourth-order valence-electron chi connectivity index (χ4n) is 4.65. The van der Waals surface area contributed by atoms with Crippen LogP contribution < -0.4 is 4.90 Å². The Morgan fingerprint density at radius 3 is 2.45 bits per heavy atom. The van der Waals surface area contributed by atoms with Crippen molar-refractivity contribution in [1.29, 1.82) is 0 Å². The summed E-state index contributed by atoms with van der Waals surface area (Å²) in [6, 6.07) is 13.6. The fraction of sp³-hybridized carbons (Fsp3) is 0.292. The molecule has 2 saturated heterocycles. The molecular formula is C24H23N7O2. The fourth-order valence-corrected chi connectivity index (χ4v) is 4.65. The van der Waals surface area contributed by atoms with Crippen LogP contribution in [0.1, 0.15) is 15.9 Å². The predicted octanol–water partition coefficient (Wildman–Crippen LogP) is 2.25. The molecule has 2 aromatic carbocycles. The highest BCUT2D eigenvalue weighted by molar-refractivity contribution is 5.98. The molecule has 2 fully saturated rings. The third-order valence-electron chi connectivity index (χ3n) is 6.14. The van der Waals surface area contributed by atoms with Crippen molar-refractivity contribution in [2.24, 2.45) is 0 Å². The van der Waals surface area contributed by atoms with Crippen LogP contribution in [0, 0.1) is 6.92 Å². The summed E-state index contributed by atoms with van der Waals surface area (Å²) in [4.78, 5) is 28.5. The Labute approximate surface area is 190 Å². The van der Waals surface area contributed by atoms with Gasteiger partial charge in [0.1, 0.15) is 5.82 Å². The summed E-state index contributed by atoms with van der Waals surface area (Å²) in [5.41, 5.74) is 4.06. The maximum absolute atomic E-state index is 13.6. The van der Waals surface area contributed by atoms with E-state index >= 15 is 0 Å². The van der Waals surface area contributed by atoms with E-state index in [0.717, 1.165) is 22.4 Å². The van der Waals surface area contributed by atoms with Gasteiger partial charge in [0.05, 0.1) is 53.1 Å². The third kappa shape index (κ3) is 3.70. The highest BCUT2D eigenvalue weighted by Crippen LogP contribution is 2.26. The number of aromatic nitrogens is 5. The molecule has 4 aromatic rings. The second kappa shape index (κ2) is 7.93. The van der Waals surface area contributed by atoms with Gasteiger partial charge in [0.25, 0.3) is 5.91 Å². The van der Waals surface area contributed by atoms with Crippen molar-refractivity contribution >= 4 is 22.8 Å². The molecule has 9 nitrogen and oxygen atoms in total. The van der Waals surface area contributed by atoms with Gasteiger partial charge in [-0.2, -0.15) is 15.0 Å². The molecule has 2 aromatic heterocycles. The van der Waals surface area contributed by atoms with E-state index in [1.54, 1.807) is 12.4 Å². The number of para-hydroxylation sites is 2. The number of hydrogen-bond acceptors (Lipinski definition) is 7. The van der Waals surface area contributed by atoms with E-state index < -0.39 is 0 Å². The molecule has 33 heavy (non-hydrogen) atoms. The molecule has 0 radical (unpaired) electrons. The number of morpholine rings is 2. The van der Waals surface area contributed by atoms with Crippen molar-refractivity contribution in [3.05, 3.63) is 72.2 Å². The summed E-state index contributed by atoms with van der Waals surface area (Å²) in [6.45, 7) is 4.34. The van der Waals surface area contributed by atoms with Crippen LogP contribution in [-0.4, -0.2) is 74.2 Å². The number of hydrogen-bond donors (Lipinski definition) is 0. The van der Waals surface area contributed by atoms with E-state index in [9.17, 15) is 4.79 Å². The molecule has 2 aliphatic rings. The third-order valence-corrected chi connectivity index (χ3v) is 6.14. The number of nitrogens with zero attached hydrogens (tertiary/aromatic N) is 7. The van der Waals surface area contributed by atoms with Gasteiger partial charge < -0.3 is 14.5 Å². The van der Waals surface area contributed by atoms with Crippen LogP contribution in [0.15, 0.2) is 61.1 Å². The van der Waals surface area contributed by atoms with Gasteiger partial charge in [-0.05, 0) is 31.2 Å². The summed E-state index contributed by atoms with van der Waals surface area (Å²) >= 11 is 0. The van der Waals surface area contributed by atoms with Gasteiger partial charge in [0.15, 0.2) is 0 Å². The van der Waals surface area contributed by atoms with Crippen LogP contribution in [0.3, 0.4) is 0 Å². The van der Waals surface area contributed by atoms with Gasteiger partial charge >= 0.3 is 0 Å². The molecule has 0 saturated carbocycles. The van der Waals surface area contributed by atoms with Gasteiger partial charge in [-0.15, -0.1) is 0 Å². The number of rotatable bonds is 3. The van der Waals surface area contributed by atoms with Crippen LogP contribution in [0.5, 0.6) is 0 Å². The average Bonchev–Trinajstić information content (AvgIpc) is 3.37. The molecule has 2 unspecified atom stereocenters. The minimum atomic E-state index is -0.0918. The van der Waals surface area contributed by atoms with E-state index in [1.807, 2.05) is 60.5 Å². The zero-order valence-corrected chi connectivity index (χ0v) is 18.2. The van der Waals surface area contributed by atoms with Crippen molar-refractivity contribution in [2.75, 3.05) is 31.1 Å². The molecule has 166 valence electrons. The summed E-state index contributed by atoms with van der Waals surface area (Å²) in [5.74, 6) is 0.820. The Bertz CT molecular complexity index is 1310. The molecule has 6 rings (SSSR count). The first kappa shape index (κ1) is 19.8. The molecule has 2 atom stereocenters. The zero-order chi connectivity index (χ0) is 22.4. The van der Waals surface area contributed by atoms with Gasteiger partial charge in [-0.25, -0.2) is 4.98 Å². The Morgan fingerprint density at radius 1 is 0.970 bits per heavy atom. The predicted molar refractivity (Wildman–Crippen MR) is 122 cm³/mol. The number of anilines is 1. The summed E-state index contributed by atoms with van der Waals surface area (Å²) in [7, 11) is 0. The highest BCUT2D eigenvalue weighted by atomic mass is 16.5. The first-order valence-electron chi connectivity index (χ1n) is 11.0. The molecule has 0 spiro atoms. The standard InChI is InChI=1S/C24H23N7O2/c1-16-6-7-22(31-26-8-9-27-31)19(10-16)24(32)30-14-17-12-29(13-18(15-30)33-17)23-11-25-20-4-2-3-5-21(20)28-23/h2-11,17-18H,12-15H2,1H3. The molecule has 0 aliphatic carbocycles. The van der Waals surface area contributed by atoms with Crippen LogP contribution in [-0.2, 0) is 4.74 Å². The van der Waals surface area contributed by atoms with Gasteiger partial charge in [0, 0.05) is 26.2 Å².